The van der Waals surface area contributed by atoms with E-state index in [1.165, 1.54) is 12.1 Å². The maximum absolute atomic E-state index is 13.5. The standard InChI is InChI=1S/C12H14BrFN2O.ClH/c13-8-3-4-9(10(14)5-8)12(17)16-6-11(15)7-1-2-7;/h3-5,7,11H,1-2,6,15H2,(H,16,17);1H. The van der Waals surface area contributed by atoms with E-state index in [4.69, 9.17) is 5.73 Å². The molecular formula is C12H15BrClFN2O. The number of hydrogen-bond donors (Lipinski definition) is 2. The van der Waals surface area contributed by atoms with Gasteiger partial charge in [0.15, 0.2) is 0 Å². The molecule has 1 saturated carbocycles. The Bertz CT molecular complexity index is 440. The molecule has 0 radical (unpaired) electrons. The summed E-state index contributed by atoms with van der Waals surface area (Å²) in [7, 11) is 0. The Balaban J connectivity index is 0.00000162. The Hall–Kier alpha value is -0.650. The number of carbonyl (C=O) groups is 1. The Kier molecular flexibility index (Phi) is 5.56. The molecule has 0 heterocycles. The maximum atomic E-state index is 13.5. The van der Waals surface area contributed by atoms with Gasteiger partial charge in [0.25, 0.3) is 5.91 Å². The van der Waals surface area contributed by atoms with E-state index in [1.54, 1.807) is 6.07 Å². The van der Waals surface area contributed by atoms with Crippen molar-refractivity contribution in [3.05, 3.63) is 34.1 Å². The van der Waals surface area contributed by atoms with Gasteiger partial charge in [-0.05, 0) is 37.0 Å². The van der Waals surface area contributed by atoms with Crippen molar-refractivity contribution in [3.8, 4) is 0 Å². The minimum atomic E-state index is -0.531. The highest BCUT2D eigenvalue weighted by molar-refractivity contribution is 9.10. The van der Waals surface area contributed by atoms with E-state index in [-0.39, 0.29) is 24.0 Å². The average molecular weight is 338 g/mol. The molecule has 0 bridgehead atoms. The first kappa shape index (κ1) is 15.4. The second-order valence-electron chi connectivity index (χ2n) is 4.34. The molecule has 18 heavy (non-hydrogen) atoms. The van der Waals surface area contributed by atoms with Gasteiger partial charge in [-0.1, -0.05) is 15.9 Å². The third-order valence-corrected chi connectivity index (χ3v) is 3.39. The predicted octanol–water partition coefficient (Wildman–Crippen LogP) is 2.48. The van der Waals surface area contributed by atoms with Crippen LogP contribution in [0.2, 0.25) is 0 Å². The third-order valence-electron chi connectivity index (χ3n) is 2.90. The van der Waals surface area contributed by atoms with Crippen molar-refractivity contribution in [3.63, 3.8) is 0 Å². The molecule has 100 valence electrons. The molecule has 1 aromatic carbocycles. The molecule has 1 amide bonds. The minimum Gasteiger partial charge on any atom is -0.350 e. The van der Waals surface area contributed by atoms with Crippen molar-refractivity contribution >= 4 is 34.2 Å². The molecule has 2 rings (SSSR count). The Morgan fingerprint density at radius 2 is 2.22 bits per heavy atom. The van der Waals surface area contributed by atoms with Gasteiger partial charge in [-0.3, -0.25) is 4.79 Å². The molecule has 0 aromatic heterocycles. The van der Waals surface area contributed by atoms with Gasteiger partial charge in [-0.15, -0.1) is 12.4 Å². The van der Waals surface area contributed by atoms with E-state index >= 15 is 0 Å². The Morgan fingerprint density at radius 1 is 1.56 bits per heavy atom. The van der Waals surface area contributed by atoms with Gasteiger partial charge in [0.1, 0.15) is 5.82 Å². The molecule has 3 N–H and O–H groups in total. The number of benzene rings is 1. The number of hydrogen-bond acceptors (Lipinski definition) is 2. The Morgan fingerprint density at radius 3 is 2.78 bits per heavy atom. The summed E-state index contributed by atoms with van der Waals surface area (Å²) in [4.78, 5) is 11.7. The molecule has 1 aliphatic carbocycles. The summed E-state index contributed by atoms with van der Waals surface area (Å²) in [5, 5.41) is 2.66. The van der Waals surface area contributed by atoms with Crippen LogP contribution >= 0.6 is 28.3 Å². The van der Waals surface area contributed by atoms with Gasteiger partial charge in [0, 0.05) is 17.1 Å². The summed E-state index contributed by atoms with van der Waals surface area (Å²) in [6.45, 7) is 0.402. The van der Waals surface area contributed by atoms with Crippen LogP contribution in [0.4, 0.5) is 4.39 Å². The zero-order valence-corrected chi connectivity index (χ0v) is 12.1. The van der Waals surface area contributed by atoms with Crippen molar-refractivity contribution in [2.75, 3.05) is 6.54 Å². The number of rotatable bonds is 4. The lowest BCUT2D eigenvalue weighted by Crippen LogP contribution is -2.38. The number of carbonyl (C=O) groups excluding carboxylic acids is 1. The average Bonchev–Trinajstić information content (AvgIpc) is 3.09. The lowest BCUT2D eigenvalue weighted by molar-refractivity contribution is 0.0946. The number of nitrogens with one attached hydrogen (secondary N) is 1. The largest absolute Gasteiger partial charge is 0.350 e. The summed E-state index contributed by atoms with van der Waals surface area (Å²) < 4.78 is 14.1. The molecule has 3 nitrogen and oxygen atoms in total. The summed E-state index contributed by atoms with van der Waals surface area (Å²) in [6.07, 6.45) is 2.26. The van der Waals surface area contributed by atoms with E-state index in [0.717, 1.165) is 12.8 Å². The van der Waals surface area contributed by atoms with Crippen molar-refractivity contribution in [1.82, 2.24) is 5.32 Å². The van der Waals surface area contributed by atoms with Crippen LogP contribution in [0.25, 0.3) is 0 Å². The molecule has 1 unspecified atom stereocenters. The molecule has 0 saturated heterocycles. The highest BCUT2D eigenvalue weighted by Gasteiger charge is 2.28. The van der Waals surface area contributed by atoms with Crippen LogP contribution in [0.5, 0.6) is 0 Å². The van der Waals surface area contributed by atoms with E-state index in [2.05, 4.69) is 21.2 Å². The normalized spacial score (nSPS) is 15.7. The molecule has 6 heteroatoms. The van der Waals surface area contributed by atoms with Gasteiger partial charge in [-0.25, -0.2) is 4.39 Å². The molecule has 0 aliphatic heterocycles. The second-order valence-corrected chi connectivity index (χ2v) is 5.25. The molecule has 1 atom stereocenters. The smallest absolute Gasteiger partial charge is 0.254 e. The fourth-order valence-electron chi connectivity index (χ4n) is 1.67. The van der Waals surface area contributed by atoms with Crippen LogP contribution < -0.4 is 11.1 Å². The first-order valence-electron chi connectivity index (χ1n) is 5.57. The molecule has 1 aliphatic rings. The summed E-state index contributed by atoms with van der Waals surface area (Å²) in [6, 6.07) is 4.35. The first-order chi connectivity index (χ1) is 8.08. The highest BCUT2D eigenvalue weighted by Crippen LogP contribution is 2.31. The number of halogens is 3. The quantitative estimate of drug-likeness (QED) is 0.887. The minimum absolute atomic E-state index is 0. The fourth-order valence-corrected chi connectivity index (χ4v) is 2.00. The molecular weight excluding hydrogens is 323 g/mol. The topological polar surface area (TPSA) is 55.1 Å². The van der Waals surface area contributed by atoms with Crippen LogP contribution in [-0.4, -0.2) is 18.5 Å². The highest BCUT2D eigenvalue weighted by atomic mass is 79.9. The summed E-state index contributed by atoms with van der Waals surface area (Å²) in [5.41, 5.74) is 5.90. The monoisotopic (exact) mass is 336 g/mol. The van der Waals surface area contributed by atoms with Gasteiger partial charge in [0.2, 0.25) is 0 Å². The van der Waals surface area contributed by atoms with Gasteiger partial charge in [-0.2, -0.15) is 0 Å². The van der Waals surface area contributed by atoms with Crippen molar-refractivity contribution in [1.29, 1.82) is 0 Å². The molecule has 1 aromatic rings. The maximum Gasteiger partial charge on any atom is 0.254 e. The first-order valence-corrected chi connectivity index (χ1v) is 6.36. The van der Waals surface area contributed by atoms with Crippen LogP contribution in [-0.2, 0) is 0 Å². The zero-order valence-electron chi connectivity index (χ0n) is 9.66. The van der Waals surface area contributed by atoms with Crippen LogP contribution in [0.1, 0.15) is 23.2 Å². The van der Waals surface area contributed by atoms with Gasteiger partial charge >= 0.3 is 0 Å². The van der Waals surface area contributed by atoms with E-state index in [1.807, 2.05) is 0 Å². The number of nitrogens with two attached hydrogens (primary N) is 1. The van der Waals surface area contributed by atoms with Crippen molar-refractivity contribution < 1.29 is 9.18 Å². The lowest BCUT2D eigenvalue weighted by atomic mass is 10.1. The van der Waals surface area contributed by atoms with Gasteiger partial charge in [0.05, 0.1) is 5.56 Å². The van der Waals surface area contributed by atoms with Crippen LogP contribution in [0, 0.1) is 11.7 Å². The van der Waals surface area contributed by atoms with Crippen molar-refractivity contribution in [2.45, 2.75) is 18.9 Å². The summed E-state index contributed by atoms with van der Waals surface area (Å²) >= 11 is 3.14. The SMILES string of the molecule is Cl.NC(CNC(=O)c1ccc(Br)cc1F)C1CC1. The zero-order chi connectivity index (χ0) is 12.4. The predicted molar refractivity (Wildman–Crippen MR) is 74.4 cm³/mol. The summed E-state index contributed by atoms with van der Waals surface area (Å²) in [5.74, 6) is -0.423. The fraction of sp³-hybridized carbons (Fsp3) is 0.417. The van der Waals surface area contributed by atoms with Gasteiger partial charge < -0.3 is 11.1 Å². The lowest BCUT2D eigenvalue weighted by Gasteiger charge is -2.11. The van der Waals surface area contributed by atoms with Crippen LogP contribution in [0.3, 0.4) is 0 Å². The van der Waals surface area contributed by atoms with Crippen LogP contribution in [0.15, 0.2) is 22.7 Å². The van der Waals surface area contributed by atoms with Crippen molar-refractivity contribution in [2.24, 2.45) is 11.7 Å². The van der Waals surface area contributed by atoms with E-state index in [9.17, 15) is 9.18 Å². The number of amides is 1. The molecule has 1 fully saturated rings. The van der Waals surface area contributed by atoms with E-state index < -0.39 is 11.7 Å². The second kappa shape index (κ2) is 6.50. The molecule has 0 spiro atoms. The third kappa shape index (κ3) is 3.93. The van der Waals surface area contributed by atoms with E-state index in [0.29, 0.717) is 16.9 Å². The Labute approximate surface area is 120 Å².